The van der Waals surface area contributed by atoms with E-state index in [-0.39, 0.29) is 18.0 Å². The van der Waals surface area contributed by atoms with Gasteiger partial charge in [0.15, 0.2) is 5.82 Å². The molecule has 0 spiro atoms. The van der Waals surface area contributed by atoms with Crippen LogP contribution in [-0.2, 0) is 6.42 Å². The van der Waals surface area contributed by atoms with Crippen molar-refractivity contribution in [2.75, 3.05) is 13.2 Å². The van der Waals surface area contributed by atoms with Gasteiger partial charge in [0, 0.05) is 18.3 Å². The minimum atomic E-state index is -0.703. The van der Waals surface area contributed by atoms with E-state index in [2.05, 4.69) is 10.3 Å². The predicted octanol–water partition coefficient (Wildman–Crippen LogP) is 1.91. The molecule has 1 aromatic heterocycles. The van der Waals surface area contributed by atoms with Crippen molar-refractivity contribution >= 4 is 0 Å². The number of aromatic nitrogens is 1. The third kappa shape index (κ3) is 5.53. The second kappa shape index (κ2) is 6.82. The second-order valence-corrected chi connectivity index (χ2v) is 5.54. The monoisotopic (exact) mass is 270 g/mol. The number of aliphatic hydroxyl groups excluding tert-OH is 1. The Morgan fingerprint density at radius 2 is 2.16 bits per heavy atom. The molecule has 108 valence electrons. The number of ether oxygens (including phenoxy) is 1. The lowest BCUT2D eigenvalue weighted by Gasteiger charge is -2.22. The van der Waals surface area contributed by atoms with E-state index >= 15 is 0 Å². The molecule has 0 amide bonds. The third-order valence-corrected chi connectivity index (χ3v) is 2.60. The highest BCUT2D eigenvalue weighted by molar-refractivity contribution is 5.23. The lowest BCUT2D eigenvalue weighted by Crippen LogP contribution is -2.42. The van der Waals surface area contributed by atoms with Crippen LogP contribution in [0.5, 0.6) is 5.88 Å². The molecule has 0 saturated carbocycles. The smallest absolute Gasteiger partial charge is 0.250 e. The first-order chi connectivity index (χ1) is 8.83. The van der Waals surface area contributed by atoms with Gasteiger partial charge in [-0.3, -0.25) is 0 Å². The number of pyridine rings is 1. The summed E-state index contributed by atoms with van der Waals surface area (Å²) in [5.74, 6) is -0.491. The number of aliphatic hydroxyl groups is 1. The van der Waals surface area contributed by atoms with E-state index in [4.69, 9.17) is 4.74 Å². The fourth-order valence-corrected chi connectivity index (χ4v) is 1.49. The topological polar surface area (TPSA) is 54.4 Å². The summed E-state index contributed by atoms with van der Waals surface area (Å²) in [4.78, 5) is 3.84. The maximum Gasteiger partial charge on any atom is 0.250 e. The maximum absolute atomic E-state index is 13.8. The van der Waals surface area contributed by atoms with Crippen LogP contribution in [0.3, 0.4) is 0 Å². The molecule has 0 fully saturated rings. The zero-order chi connectivity index (χ0) is 14.5. The van der Waals surface area contributed by atoms with Gasteiger partial charge in [-0.25, -0.2) is 9.37 Å². The molecule has 0 aliphatic rings. The van der Waals surface area contributed by atoms with Gasteiger partial charge in [0.05, 0.1) is 0 Å². The van der Waals surface area contributed by atoms with Gasteiger partial charge < -0.3 is 15.2 Å². The minimum absolute atomic E-state index is 0.0141. The van der Waals surface area contributed by atoms with Crippen molar-refractivity contribution < 1.29 is 14.2 Å². The highest BCUT2D eigenvalue weighted by atomic mass is 19.1. The summed E-state index contributed by atoms with van der Waals surface area (Å²) in [6, 6.07) is 1.62. The first-order valence-corrected chi connectivity index (χ1v) is 6.52. The van der Waals surface area contributed by atoms with Gasteiger partial charge in [-0.2, -0.15) is 0 Å². The van der Waals surface area contributed by atoms with Gasteiger partial charge in [0.25, 0.3) is 5.88 Å². The number of halogens is 1. The highest BCUT2D eigenvalue weighted by Gasteiger charge is 2.14. The SMILES string of the molecule is CCc1ccnc(OCC(O)CNC(C)(C)C)c1F. The Hall–Kier alpha value is -1.20. The molecule has 1 rings (SSSR count). The maximum atomic E-state index is 13.8. The Balaban J connectivity index is 2.48. The Labute approximate surface area is 114 Å². The molecular formula is C14H23FN2O2. The number of hydrogen-bond donors (Lipinski definition) is 2. The van der Waals surface area contributed by atoms with Crippen molar-refractivity contribution in [2.45, 2.75) is 45.8 Å². The minimum Gasteiger partial charge on any atom is -0.473 e. The average Bonchev–Trinajstić information content (AvgIpc) is 2.34. The molecule has 0 aliphatic carbocycles. The van der Waals surface area contributed by atoms with Gasteiger partial charge in [0.2, 0.25) is 0 Å². The van der Waals surface area contributed by atoms with E-state index in [9.17, 15) is 9.50 Å². The van der Waals surface area contributed by atoms with Crippen molar-refractivity contribution in [2.24, 2.45) is 0 Å². The van der Waals surface area contributed by atoms with Crippen molar-refractivity contribution in [3.63, 3.8) is 0 Å². The number of nitrogens with one attached hydrogen (secondary N) is 1. The molecule has 0 aliphatic heterocycles. The van der Waals surface area contributed by atoms with E-state index in [1.807, 2.05) is 27.7 Å². The first kappa shape index (κ1) is 15.9. The molecule has 0 aromatic carbocycles. The van der Waals surface area contributed by atoms with E-state index < -0.39 is 11.9 Å². The van der Waals surface area contributed by atoms with E-state index in [0.29, 0.717) is 18.5 Å². The van der Waals surface area contributed by atoms with Gasteiger partial charge >= 0.3 is 0 Å². The summed E-state index contributed by atoms with van der Waals surface area (Å²) in [7, 11) is 0. The van der Waals surface area contributed by atoms with Crippen LogP contribution in [0.1, 0.15) is 33.3 Å². The van der Waals surface area contributed by atoms with Crippen LogP contribution >= 0.6 is 0 Å². The summed E-state index contributed by atoms with van der Waals surface area (Å²) < 4.78 is 19.0. The van der Waals surface area contributed by atoms with Crippen LogP contribution in [-0.4, -0.2) is 34.9 Å². The van der Waals surface area contributed by atoms with Gasteiger partial charge in [-0.1, -0.05) is 6.92 Å². The average molecular weight is 270 g/mol. The van der Waals surface area contributed by atoms with Crippen molar-refractivity contribution in [3.05, 3.63) is 23.6 Å². The molecule has 2 N–H and O–H groups in total. The zero-order valence-electron chi connectivity index (χ0n) is 12.0. The Morgan fingerprint density at radius 3 is 2.74 bits per heavy atom. The third-order valence-electron chi connectivity index (χ3n) is 2.60. The molecule has 5 heteroatoms. The summed E-state index contributed by atoms with van der Waals surface area (Å²) in [6.45, 7) is 8.29. The molecule has 4 nitrogen and oxygen atoms in total. The van der Waals surface area contributed by atoms with Crippen LogP contribution in [0.25, 0.3) is 0 Å². The Morgan fingerprint density at radius 1 is 1.47 bits per heavy atom. The Bertz CT molecular complexity index is 405. The van der Waals surface area contributed by atoms with Crippen molar-refractivity contribution in [1.29, 1.82) is 0 Å². The van der Waals surface area contributed by atoms with Crippen LogP contribution in [0.4, 0.5) is 4.39 Å². The molecule has 19 heavy (non-hydrogen) atoms. The number of β-amino-alcohol motifs (C(OH)–C–C–N with tert-alkyl or cyclic N) is 1. The number of hydrogen-bond acceptors (Lipinski definition) is 4. The van der Waals surface area contributed by atoms with Crippen LogP contribution < -0.4 is 10.1 Å². The fourth-order valence-electron chi connectivity index (χ4n) is 1.49. The lowest BCUT2D eigenvalue weighted by molar-refractivity contribution is 0.0953. The van der Waals surface area contributed by atoms with Crippen LogP contribution in [0, 0.1) is 5.82 Å². The second-order valence-electron chi connectivity index (χ2n) is 5.54. The molecule has 1 unspecified atom stereocenters. The van der Waals surface area contributed by atoms with Gasteiger partial charge in [-0.05, 0) is 38.8 Å². The molecule has 1 aromatic rings. The molecule has 1 atom stereocenters. The van der Waals surface area contributed by atoms with E-state index in [1.165, 1.54) is 6.20 Å². The van der Waals surface area contributed by atoms with Crippen molar-refractivity contribution in [3.8, 4) is 5.88 Å². The molecule has 0 saturated heterocycles. The molecular weight excluding hydrogens is 247 g/mol. The standard InChI is InChI=1S/C14H23FN2O2/c1-5-10-6-7-16-13(12(10)15)19-9-11(18)8-17-14(2,3)4/h6-7,11,17-18H,5,8-9H2,1-4H3. The van der Waals surface area contributed by atoms with Gasteiger partial charge in [0.1, 0.15) is 12.7 Å². The number of nitrogens with zero attached hydrogens (tertiary/aromatic N) is 1. The molecule has 0 bridgehead atoms. The van der Waals surface area contributed by atoms with Crippen LogP contribution in [0.15, 0.2) is 12.3 Å². The largest absolute Gasteiger partial charge is 0.473 e. The fraction of sp³-hybridized carbons (Fsp3) is 0.643. The Kier molecular flexibility index (Phi) is 5.69. The normalized spacial score (nSPS) is 13.4. The number of aryl methyl sites for hydroxylation is 1. The quantitative estimate of drug-likeness (QED) is 0.829. The van der Waals surface area contributed by atoms with E-state index in [1.54, 1.807) is 6.07 Å². The molecule has 1 heterocycles. The predicted molar refractivity (Wildman–Crippen MR) is 72.8 cm³/mol. The summed E-state index contributed by atoms with van der Waals surface area (Å²) in [6.07, 6.45) is 1.39. The summed E-state index contributed by atoms with van der Waals surface area (Å²) in [5.41, 5.74) is 0.486. The highest BCUT2D eigenvalue weighted by Crippen LogP contribution is 2.17. The van der Waals surface area contributed by atoms with Crippen LogP contribution in [0.2, 0.25) is 0 Å². The summed E-state index contributed by atoms with van der Waals surface area (Å²) in [5, 5.41) is 12.9. The lowest BCUT2D eigenvalue weighted by atomic mass is 10.1. The first-order valence-electron chi connectivity index (χ1n) is 6.52. The summed E-state index contributed by atoms with van der Waals surface area (Å²) >= 11 is 0. The van der Waals surface area contributed by atoms with E-state index in [0.717, 1.165) is 0 Å². The number of rotatable bonds is 6. The zero-order valence-corrected chi connectivity index (χ0v) is 12.0. The van der Waals surface area contributed by atoms with Crippen molar-refractivity contribution in [1.82, 2.24) is 10.3 Å². The molecule has 0 radical (unpaired) electrons. The van der Waals surface area contributed by atoms with Gasteiger partial charge in [-0.15, -0.1) is 0 Å².